The van der Waals surface area contributed by atoms with Gasteiger partial charge in [-0.25, -0.2) is 0 Å². The first-order chi connectivity index (χ1) is 8.90. The zero-order chi connectivity index (χ0) is 14.2. The summed E-state index contributed by atoms with van der Waals surface area (Å²) in [6.07, 6.45) is 1.56. The molecule has 1 aromatic heterocycles. The number of thiophene rings is 1. The van der Waals surface area contributed by atoms with E-state index in [4.69, 9.17) is 11.5 Å². The summed E-state index contributed by atoms with van der Waals surface area (Å²) in [6.45, 7) is 4.30. The number of carbonyl (C=O) groups is 2. The maximum absolute atomic E-state index is 12.5. The summed E-state index contributed by atoms with van der Waals surface area (Å²) in [5.74, 6) is -0.617. The van der Waals surface area contributed by atoms with Crippen LogP contribution in [0.15, 0.2) is 6.07 Å². The molecule has 104 valence electrons. The lowest BCUT2D eigenvalue weighted by Crippen LogP contribution is -2.48. The lowest BCUT2D eigenvalue weighted by Gasteiger charge is -2.36. The molecule has 1 aliphatic rings. The van der Waals surface area contributed by atoms with E-state index in [1.54, 1.807) is 11.0 Å². The Kier molecular flexibility index (Phi) is 3.80. The number of nitrogen functional groups attached to an aromatic ring is 1. The van der Waals surface area contributed by atoms with Gasteiger partial charge in [-0.1, -0.05) is 0 Å². The van der Waals surface area contributed by atoms with Gasteiger partial charge in [0.05, 0.1) is 10.8 Å². The SMILES string of the molecule is Cc1sc(C(=O)N2CC(C(N)=O)CCC2C)cc1N. The summed E-state index contributed by atoms with van der Waals surface area (Å²) in [6, 6.07) is 1.84. The maximum Gasteiger partial charge on any atom is 0.264 e. The molecule has 2 amide bonds. The zero-order valence-electron chi connectivity index (χ0n) is 11.2. The number of likely N-dealkylation sites (tertiary alicyclic amines) is 1. The molecule has 2 unspecified atom stereocenters. The van der Waals surface area contributed by atoms with Crippen molar-refractivity contribution in [2.24, 2.45) is 11.7 Å². The van der Waals surface area contributed by atoms with Crippen molar-refractivity contribution in [1.29, 1.82) is 0 Å². The van der Waals surface area contributed by atoms with Gasteiger partial charge < -0.3 is 16.4 Å². The molecule has 4 N–H and O–H groups in total. The van der Waals surface area contributed by atoms with Crippen LogP contribution >= 0.6 is 11.3 Å². The van der Waals surface area contributed by atoms with Crippen LogP contribution in [0.5, 0.6) is 0 Å². The van der Waals surface area contributed by atoms with Crippen LogP contribution in [0.2, 0.25) is 0 Å². The van der Waals surface area contributed by atoms with Gasteiger partial charge in [-0.3, -0.25) is 9.59 Å². The third-order valence-corrected chi connectivity index (χ3v) is 4.77. The molecule has 0 aromatic carbocycles. The van der Waals surface area contributed by atoms with Gasteiger partial charge in [-0.05, 0) is 32.8 Å². The van der Waals surface area contributed by atoms with Crippen LogP contribution in [-0.4, -0.2) is 29.3 Å². The molecule has 0 radical (unpaired) electrons. The van der Waals surface area contributed by atoms with Crippen LogP contribution < -0.4 is 11.5 Å². The molecular weight excluding hydrogens is 262 g/mol. The quantitative estimate of drug-likeness (QED) is 0.857. The number of piperidine rings is 1. The van der Waals surface area contributed by atoms with E-state index in [1.807, 2.05) is 13.8 Å². The molecule has 1 aromatic rings. The number of rotatable bonds is 2. The molecule has 0 spiro atoms. The lowest BCUT2D eigenvalue weighted by atomic mass is 9.93. The summed E-state index contributed by atoms with van der Waals surface area (Å²) in [5, 5.41) is 0. The molecule has 19 heavy (non-hydrogen) atoms. The highest BCUT2D eigenvalue weighted by atomic mass is 32.1. The van der Waals surface area contributed by atoms with Crippen LogP contribution in [0.3, 0.4) is 0 Å². The van der Waals surface area contributed by atoms with Crippen molar-refractivity contribution in [3.05, 3.63) is 15.8 Å². The summed E-state index contributed by atoms with van der Waals surface area (Å²) in [7, 11) is 0. The largest absolute Gasteiger partial charge is 0.398 e. The highest BCUT2D eigenvalue weighted by Gasteiger charge is 2.32. The summed E-state index contributed by atoms with van der Waals surface area (Å²) in [4.78, 5) is 27.1. The summed E-state index contributed by atoms with van der Waals surface area (Å²) in [5.41, 5.74) is 11.8. The van der Waals surface area contributed by atoms with Crippen LogP contribution in [0, 0.1) is 12.8 Å². The molecule has 2 atom stereocenters. The van der Waals surface area contributed by atoms with E-state index >= 15 is 0 Å². The van der Waals surface area contributed by atoms with Gasteiger partial charge in [0.2, 0.25) is 5.91 Å². The van der Waals surface area contributed by atoms with Crippen LogP contribution in [-0.2, 0) is 4.79 Å². The van der Waals surface area contributed by atoms with Gasteiger partial charge in [0.1, 0.15) is 0 Å². The highest BCUT2D eigenvalue weighted by Crippen LogP contribution is 2.28. The summed E-state index contributed by atoms with van der Waals surface area (Å²) >= 11 is 1.40. The average molecular weight is 281 g/mol. The Morgan fingerprint density at radius 1 is 1.42 bits per heavy atom. The predicted octanol–water partition coefficient (Wildman–Crippen LogP) is 1.36. The number of amides is 2. The second-order valence-corrected chi connectivity index (χ2v) is 6.36. The molecular formula is C13H19N3O2S. The number of primary amides is 1. The van der Waals surface area contributed by atoms with Crippen molar-refractivity contribution in [1.82, 2.24) is 4.90 Å². The van der Waals surface area contributed by atoms with Gasteiger partial charge in [0, 0.05) is 23.2 Å². The van der Waals surface area contributed by atoms with Crippen molar-refractivity contribution >= 4 is 28.8 Å². The van der Waals surface area contributed by atoms with E-state index in [2.05, 4.69) is 0 Å². The van der Waals surface area contributed by atoms with Crippen molar-refractivity contribution in [3.8, 4) is 0 Å². The Hall–Kier alpha value is -1.56. The lowest BCUT2D eigenvalue weighted by molar-refractivity contribution is -0.123. The van der Waals surface area contributed by atoms with Crippen LogP contribution in [0.25, 0.3) is 0 Å². The second kappa shape index (κ2) is 5.21. The van der Waals surface area contributed by atoms with Crippen molar-refractivity contribution in [3.63, 3.8) is 0 Å². The minimum atomic E-state index is -0.327. The van der Waals surface area contributed by atoms with Crippen LogP contribution in [0.1, 0.15) is 34.3 Å². The number of nitrogens with zero attached hydrogens (tertiary/aromatic N) is 1. The van der Waals surface area contributed by atoms with E-state index in [-0.39, 0.29) is 23.8 Å². The van der Waals surface area contributed by atoms with Crippen molar-refractivity contribution < 1.29 is 9.59 Å². The average Bonchev–Trinajstić information content (AvgIpc) is 2.69. The minimum absolute atomic E-state index is 0.0525. The molecule has 1 fully saturated rings. The molecule has 2 rings (SSSR count). The third kappa shape index (κ3) is 2.73. The molecule has 6 heteroatoms. The van der Waals surface area contributed by atoms with E-state index in [1.165, 1.54) is 11.3 Å². The topological polar surface area (TPSA) is 89.4 Å². The van der Waals surface area contributed by atoms with E-state index in [0.29, 0.717) is 17.1 Å². The van der Waals surface area contributed by atoms with E-state index in [0.717, 1.165) is 17.7 Å². The standard InChI is InChI=1S/C13H19N3O2S/c1-7-3-4-9(12(15)17)6-16(7)13(18)11-5-10(14)8(2)19-11/h5,7,9H,3-4,6,14H2,1-2H3,(H2,15,17). The first-order valence-corrected chi connectivity index (χ1v) is 7.18. The Bertz CT molecular complexity index is 492. The normalized spacial score (nSPS) is 23.4. The van der Waals surface area contributed by atoms with Gasteiger partial charge in [0.25, 0.3) is 5.91 Å². The maximum atomic E-state index is 12.5. The highest BCUT2D eigenvalue weighted by molar-refractivity contribution is 7.14. The predicted molar refractivity (Wildman–Crippen MR) is 75.9 cm³/mol. The number of aryl methyl sites for hydroxylation is 1. The Labute approximate surface area is 116 Å². The monoisotopic (exact) mass is 281 g/mol. The molecule has 2 heterocycles. The van der Waals surface area contributed by atoms with E-state index in [9.17, 15) is 9.59 Å². The van der Waals surface area contributed by atoms with Gasteiger partial charge >= 0.3 is 0 Å². The van der Waals surface area contributed by atoms with Gasteiger partial charge in [-0.15, -0.1) is 11.3 Å². The third-order valence-electron chi connectivity index (χ3n) is 3.71. The minimum Gasteiger partial charge on any atom is -0.398 e. The zero-order valence-corrected chi connectivity index (χ0v) is 12.0. The first kappa shape index (κ1) is 13.9. The fourth-order valence-corrected chi connectivity index (χ4v) is 3.26. The molecule has 1 saturated heterocycles. The molecule has 0 bridgehead atoms. The van der Waals surface area contributed by atoms with Crippen molar-refractivity contribution in [2.75, 3.05) is 12.3 Å². The number of nitrogens with two attached hydrogens (primary N) is 2. The molecule has 1 aliphatic heterocycles. The first-order valence-electron chi connectivity index (χ1n) is 6.36. The second-order valence-electron chi connectivity index (χ2n) is 5.11. The number of hydrogen-bond donors (Lipinski definition) is 2. The fourth-order valence-electron chi connectivity index (χ4n) is 2.37. The fraction of sp³-hybridized carbons (Fsp3) is 0.538. The Morgan fingerprint density at radius 3 is 2.63 bits per heavy atom. The van der Waals surface area contributed by atoms with Crippen LogP contribution in [0.4, 0.5) is 5.69 Å². The Balaban J connectivity index is 2.19. The smallest absolute Gasteiger partial charge is 0.264 e. The Morgan fingerprint density at radius 2 is 2.11 bits per heavy atom. The molecule has 0 aliphatic carbocycles. The van der Waals surface area contributed by atoms with Gasteiger partial charge in [-0.2, -0.15) is 0 Å². The number of hydrogen-bond acceptors (Lipinski definition) is 4. The van der Waals surface area contributed by atoms with Crippen molar-refractivity contribution in [2.45, 2.75) is 32.7 Å². The summed E-state index contributed by atoms with van der Waals surface area (Å²) < 4.78 is 0. The van der Waals surface area contributed by atoms with Gasteiger partial charge in [0.15, 0.2) is 0 Å². The number of anilines is 1. The molecule has 0 saturated carbocycles. The molecule has 5 nitrogen and oxygen atoms in total. The number of carbonyl (C=O) groups excluding carboxylic acids is 2. The van der Waals surface area contributed by atoms with E-state index < -0.39 is 0 Å².